The molecule has 0 fully saturated rings. The molecule has 6 nitrogen and oxygen atoms in total. The number of anilines is 1. The first-order valence-electron chi connectivity index (χ1n) is 11.4. The molecule has 0 saturated carbocycles. The molecule has 0 atom stereocenters. The highest BCUT2D eigenvalue weighted by Gasteiger charge is 2.28. The van der Waals surface area contributed by atoms with E-state index in [1.165, 1.54) is 28.6 Å². The van der Waals surface area contributed by atoms with E-state index in [1.54, 1.807) is 36.5 Å². The van der Waals surface area contributed by atoms with E-state index in [0.717, 1.165) is 33.7 Å². The Morgan fingerprint density at radius 3 is 2.40 bits per heavy atom. The number of aryl methyl sites for hydroxylation is 3. The van der Waals surface area contributed by atoms with Gasteiger partial charge in [-0.25, -0.2) is 13.8 Å². The van der Waals surface area contributed by atoms with E-state index >= 15 is 0 Å². The molecule has 0 aromatic heterocycles. The quantitative estimate of drug-likeness (QED) is 0.308. The van der Waals surface area contributed by atoms with Crippen LogP contribution in [0.15, 0.2) is 94.9 Å². The second-order valence-electron chi connectivity index (χ2n) is 8.56. The Bertz CT molecular complexity index is 1540. The van der Waals surface area contributed by atoms with Gasteiger partial charge < -0.3 is 0 Å². The summed E-state index contributed by atoms with van der Waals surface area (Å²) in [5, 5.41) is 6.52. The SMILES string of the molecule is Cc1ccccc1N(CC(=O)N/N=C/c1ccc2c3c(cccc13)CC2)S(=O)(=O)c1ccccc1. The maximum Gasteiger partial charge on any atom is 0.264 e. The standard InChI is InChI=1S/C28H25N3O3S/c1-20-8-5-6-13-26(20)31(35(33,34)24-10-3-2-4-11-24)19-27(32)30-29-18-23-17-16-22-15-14-21-9-7-12-25(23)28(21)22/h2-13,16-18H,14-15,19H2,1H3,(H,30,32)/b29-18+. The molecule has 0 saturated heterocycles. The minimum Gasteiger partial charge on any atom is -0.271 e. The number of carbonyl (C=O) groups is 1. The Morgan fingerprint density at radius 2 is 1.63 bits per heavy atom. The average Bonchev–Trinajstić information content (AvgIpc) is 3.30. The molecule has 35 heavy (non-hydrogen) atoms. The van der Waals surface area contributed by atoms with Gasteiger partial charge in [-0.05, 0) is 65.4 Å². The van der Waals surface area contributed by atoms with Crippen LogP contribution in [-0.2, 0) is 27.7 Å². The number of sulfonamides is 1. The van der Waals surface area contributed by atoms with Gasteiger partial charge in [0.15, 0.2) is 0 Å². The van der Waals surface area contributed by atoms with Crippen molar-refractivity contribution >= 4 is 38.6 Å². The summed E-state index contributed by atoms with van der Waals surface area (Å²) in [5.74, 6) is -0.532. The van der Waals surface area contributed by atoms with Gasteiger partial charge in [0.25, 0.3) is 15.9 Å². The molecular weight excluding hydrogens is 458 g/mol. The predicted molar refractivity (Wildman–Crippen MR) is 139 cm³/mol. The molecule has 0 heterocycles. The third-order valence-corrected chi connectivity index (χ3v) is 8.08. The fourth-order valence-corrected chi connectivity index (χ4v) is 6.09. The van der Waals surface area contributed by atoms with Crippen LogP contribution < -0.4 is 9.73 Å². The van der Waals surface area contributed by atoms with Crippen LogP contribution in [0, 0.1) is 6.92 Å². The molecule has 0 spiro atoms. The molecule has 0 radical (unpaired) electrons. The van der Waals surface area contributed by atoms with Gasteiger partial charge in [-0.2, -0.15) is 5.10 Å². The molecule has 1 N–H and O–H groups in total. The zero-order valence-electron chi connectivity index (χ0n) is 19.3. The van der Waals surface area contributed by atoms with Crippen molar-refractivity contribution in [2.24, 2.45) is 5.10 Å². The third-order valence-electron chi connectivity index (χ3n) is 6.31. The minimum absolute atomic E-state index is 0.118. The number of nitrogens with zero attached hydrogens (tertiary/aromatic N) is 2. The Morgan fingerprint density at radius 1 is 0.914 bits per heavy atom. The second-order valence-corrected chi connectivity index (χ2v) is 10.4. The molecule has 0 aliphatic heterocycles. The Hall–Kier alpha value is -3.97. The topological polar surface area (TPSA) is 78.8 Å². The smallest absolute Gasteiger partial charge is 0.264 e. The summed E-state index contributed by atoms with van der Waals surface area (Å²) in [5.41, 5.74) is 7.27. The summed E-state index contributed by atoms with van der Waals surface area (Å²) >= 11 is 0. The van der Waals surface area contributed by atoms with Crippen LogP contribution in [0.2, 0.25) is 0 Å². The highest BCUT2D eigenvalue weighted by Crippen LogP contribution is 2.32. The van der Waals surface area contributed by atoms with Crippen molar-refractivity contribution in [1.29, 1.82) is 0 Å². The molecule has 7 heteroatoms. The fourth-order valence-electron chi connectivity index (χ4n) is 4.58. The van der Waals surface area contributed by atoms with Crippen molar-refractivity contribution in [3.63, 3.8) is 0 Å². The van der Waals surface area contributed by atoms with E-state index in [-0.39, 0.29) is 4.90 Å². The lowest BCUT2D eigenvalue weighted by Gasteiger charge is -2.25. The number of para-hydroxylation sites is 1. The van der Waals surface area contributed by atoms with Crippen LogP contribution in [0.5, 0.6) is 0 Å². The van der Waals surface area contributed by atoms with Crippen molar-refractivity contribution < 1.29 is 13.2 Å². The van der Waals surface area contributed by atoms with Crippen molar-refractivity contribution in [3.8, 4) is 0 Å². The molecule has 1 aliphatic carbocycles. The fraction of sp³-hybridized carbons (Fsp3) is 0.143. The number of benzene rings is 4. The Balaban J connectivity index is 1.39. The summed E-state index contributed by atoms with van der Waals surface area (Å²) in [7, 11) is -3.96. The average molecular weight is 484 g/mol. The largest absolute Gasteiger partial charge is 0.271 e. The van der Waals surface area contributed by atoms with E-state index in [0.29, 0.717) is 5.69 Å². The molecule has 4 aromatic rings. The summed E-state index contributed by atoms with van der Waals surface area (Å²) in [6.45, 7) is 1.41. The second kappa shape index (κ2) is 9.35. The summed E-state index contributed by atoms with van der Waals surface area (Å²) < 4.78 is 28.0. The van der Waals surface area contributed by atoms with Gasteiger partial charge in [0.1, 0.15) is 6.54 Å². The van der Waals surface area contributed by atoms with E-state index in [4.69, 9.17) is 0 Å². The molecule has 1 aliphatic rings. The van der Waals surface area contributed by atoms with Gasteiger partial charge in [0, 0.05) is 5.56 Å². The van der Waals surface area contributed by atoms with Crippen LogP contribution in [0.1, 0.15) is 22.3 Å². The first-order valence-corrected chi connectivity index (χ1v) is 12.9. The van der Waals surface area contributed by atoms with Crippen LogP contribution in [0.4, 0.5) is 5.69 Å². The van der Waals surface area contributed by atoms with Crippen molar-refractivity contribution in [1.82, 2.24) is 5.43 Å². The van der Waals surface area contributed by atoms with E-state index in [9.17, 15) is 13.2 Å². The van der Waals surface area contributed by atoms with Crippen molar-refractivity contribution in [2.45, 2.75) is 24.7 Å². The highest BCUT2D eigenvalue weighted by atomic mass is 32.2. The summed E-state index contributed by atoms with van der Waals surface area (Å²) in [6, 6.07) is 25.5. The molecule has 176 valence electrons. The van der Waals surface area contributed by atoms with Crippen LogP contribution >= 0.6 is 0 Å². The van der Waals surface area contributed by atoms with E-state index in [2.05, 4.69) is 28.7 Å². The van der Waals surface area contributed by atoms with Gasteiger partial charge >= 0.3 is 0 Å². The number of nitrogens with one attached hydrogen (secondary N) is 1. The van der Waals surface area contributed by atoms with Crippen LogP contribution in [0.3, 0.4) is 0 Å². The van der Waals surface area contributed by atoms with Gasteiger partial charge in [0.2, 0.25) is 0 Å². The third kappa shape index (κ3) is 4.42. The van der Waals surface area contributed by atoms with Gasteiger partial charge in [-0.3, -0.25) is 9.10 Å². The van der Waals surface area contributed by atoms with Crippen LogP contribution in [-0.4, -0.2) is 27.1 Å². The van der Waals surface area contributed by atoms with Gasteiger partial charge in [-0.15, -0.1) is 0 Å². The maximum absolute atomic E-state index is 13.4. The van der Waals surface area contributed by atoms with Crippen molar-refractivity contribution in [2.75, 3.05) is 10.8 Å². The lowest BCUT2D eigenvalue weighted by Crippen LogP contribution is -2.40. The highest BCUT2D eigenvalue weighted by molar-refractivity contribution is 7.92. The summed E-state index contributed by atoms with van der Waals surface area (Å²) in [4.78, 5) is 13.0. The number of hydrazone groups is 1. The maximum atomic E-state index is 13.4. The lowest BCUT2D eigenvalue weighted by atomic mass is 10.0. The number of hydrogen-bond donors (Lipinski definition) is 1. The number of hydrogen-bond acceptors (Lipinski definition) is 4. The first kappa shape index (κ1) is 22.8. The Labute approximate surface area is 205 Å². The normalized spacial score (nSPS) is 12.8. The summed E-state index contributed by atoms with van der Waals surface area (Å²) in [6.07, 6.45) is 3.69. The van der Waals surface area contributed by atoms with Gasteiger partial charge in [0.05, 0.1) is 16.8 Å². The number of carbonyl (C=O) groups excluding carboxylic acids is 1. The van der Waals surface area contributed by atoms with Gasteiger partial charge in [-0.1, -0.05) is 66.7 Å². The van der Waals surface area contributed by atoms with Crippen molar-refractivity contribution in [3.05, 3.63) is 107 Å². The molecule has 5 rings (SSSR count). The first-order chi connectivity index (χ1) is 16.9. The molecule has 1 amide bonds. The Kier molecular flexibility index (Phi) is 6.09. The lowest BCUT2D eigenvalue weighted by molar-refractivity contribution is -0.119. The molecule has 4 aromatic carbocycles. The number of rotatable bonds is 7. The zero-order chi connectivity index (χ0) is 24.4. The number of amides is 1. The minimum atomic E-state index is -3.96. The molecular formula is C28H25N3O3S. The van der Waals surface area contributed by atoms with E-state index < -0.39 is 22.5 Å². The molecule has 0 unspecified atom stereocenters. The zero-order valence-corrected chi connectivity index (χ0v) is 20.1. The monoisotopic (exact) mass is 483 g/mol. The van der Waals surface area contributed by atoms with E-state index in [1.807, 2.05) is 31.2 Å². The molecule has 0 bridgehead atoms. The predicted octanol–water partition coefficient (Wildman–Crippen LogP) is 4.59. The van der Waals surface area contributed by atoms with Crippen LogP contribution in [0.25, 0.3) is 10.8 Å².